The minimum absolute atomic E-state index is 0.00240. The minimum Gasteiger partial charge on any atom is -0.452 e. The highest BCUT2D eigenvalue weighted by Crippen LogP contribution is 2.35. The van der Waals surface area contributed by atoms with Gasteiger partial charge >= 0.3 is 6.18 Å². The zero-order chi connectivity index (χ0) is 29.2. The molecule has 0 spiro atoms. The van der Waals surface area contributed by atoms with Crippen molar-refractivity contribution >= 4 is 17.5 Å². The SMILES string of the molecule is Cc1ccc(OC2=CC(Cn3cnc(C(F)(F)F)c(Oc4cc(Cl)cc(C#N)c4)c3=O)C(C)C(C)NC2=O)cc1. The Morgan fingerprint density at radius 3 is 2.45 bits per heavy atom. The van der Waals surface area contributed by atoms with Crippen LogP contribution < -0.4 is 20.3 Å². The molecule has 1 aromatic heterocycles. The van der Waals surface area contributed by atoms with Crippen LogP contribution in [0.2, 0.25) is 5.02 Å². The predicted octanol–water partition coefficient (Wildman–Crippen LogP) is 5.62. The lowest BCUT2D eigenvalue weighted by atomic mass is 9.88. The molecule has 1 aliphatic heterocycles. The van der Waals surface area contributed by atoms with Crippen molar-refractivity contribution in [2.45, 2.75) is 39.5 Å². The van der Waals surface area contributed by atoms with E-state index in [4.69, 9.17) is 26.3 Å². The van der Waals surface area contributed by atoms with Crippen LogP contribution in [0.1, 0.15) is 30.7 Å². The van der Waals surface area contributed by atoms with Crippen LogP contribution in [-0.2, 0) is 17.5 Å². The number of carbonyl (C=O) groups excluding carboxylic acids is 1. The molecule has 0 saturated carbocycles. The number of allylic oxidation sites excluding steroid dienone is 1. The summed E-state index contributed by atoms with van der Waals surface area (Å²) in [4.78, 5) is 29.7. The Bertz CT molecular complexity index is 1560. The lowest BCUT2D eigenvalue weighted by Gasteiger charge is -2.25. The Morgan fingerprint density at radius 2 is 1.80 bits per heavy atom. The predicted molar refractivity (Wildman–Crippen MR) is 140 cm³/mol. The summed E-state index contributed by atoms with van der Waals surface area (Å²) >= 11 is 5.96. The number of carbonyl (C=O) groups is 1. The summed E-state index contributed by atoms with van der Waals surface area (Å²) in [5, 5.41) is 12.0. The van der Waals surface area contributed by atoms with Crippen molar-refractivity contribution in [1.29, 1.82) is 5.26 Å². The van der Waals surface area contributed by atoms with Crippen LogP contribution in [0, 0.1) is 30.1 Å². The molecule has 3 unspecified atom stereocenters. The van der Waals surface area contributed by atoms with Crippen molar-refractivity contribution in [3.05, 3.63) is 92.8 Å². The Balaban J connectivity index is 1.74. The number of aromatic nitrogens is 2. The fourth-order valence-corrected chi connectivity index (χ4v) is 4.39. The first-order valence-electron chi connectivity index (χ1n) is 12.2. The minimum atomic E-state index is -5.00. The average Bonchev–Trinajstić information content (AvgIpc) is 2.98. The summed E-state index contributed by atoms with van der Waals surface area (Å²) in [5.74, 6) is -2.09. The average molecular weight is 573 g/mol. The molecule has 0 radical (unpaired) electrons. The highest BCUT2D eigenvalue weighted by molar-refractivity contribution is 6.30. The standard InChI is InChI=1S/C28H24ClF3N4O4/c1-15-4-6-21(7-5-15)39-23-10-19(16(2)17(3)35-26(23)37)13-36-14-34-25(28(30,31)32)24(27(36)38)40-22-9-18(12-33)8-20(29)11-22/h4-11,14,16-17,19H,13H2,1-3H3,(H,35,37). The second-order valence-electron chi connectivity index (χ2n) is 9.50. The van der Waals surface area contributed by atoms with E-state index >= 15 is 0 Å². The molecule has 1 N–H and O–H groups in total. The normalized spacial score (nSPS) is 19.2. The van der Waals surface area contributed by atoms with E-state index in [2.05, 4.69) is 10.3 Å². The van der Waals surface area contributed by atoms with Crippen LogP contribution in [0.15, 0.2) is 65.4 Å². The summed E-state index contributed by atoms with van der Waals surface area (Å²) in [6.45, 7) is 5.41. The number of benzene rings is 2. The van der Waals surface area contributed by atoms with Gasteiger partial charge in [0.05, 0.1) is 18.0 Å². The first-order valence-corrected chi connectivity index (χ1v) is 12.6. The van der Waals surface area contributed by atoms with Crippen LogP contribution in [0.25, 0.3) is 0 Å². The van der Waals surface area contributed by atoms with E-state index in [-0.39, 0.29) is 40.6 Å². The van der Waals surface area contributed by atoms with E-state index < -0.39 is 35.0 Å². The van der Waals surface area contributed by atoms with E-state index in [1.807, 2.05) is 32.0 Å². The van der Waals surface area contributed by atoms with Crippen LogP contribution >= 0.6 is 11.6 Å². The molecular weight excluding hydrogens is 549 g/mol. The summed E-state index contributed by atoms with van der Waals surface area (Å²) in [6, 6.07) is 12.2. The first-order chi connectivity index (χ1) is 18.8. The van der Waals surface area contributed by atoms with Gasteiger partial charge in [0.2, 0.25) is 5.75 Å². The highest BCUT2D eigenvalue weighted by Gasteiger charge is 2.39. The van der Waals surface area contributed by atoms with Gasteiger partial charge in [-0.1, -0.05) is 36.2 Å². The van der Waals surface area contributed by atoms with Crippen LogP contribution in [0.3, 0.4) is 0 Å². The van der Waals surface area contributed by atoms with Gasteiger partial charge < -0.3 is 14.8 Å². The van der Waals surface area contributed by atoms with Crippen LogP contribution in [0.4, 0.5) is 13.2 Å². The number of rotatable bonds is 6. The molecule has 208 valence electrons. The van der Waals surface area contributed by atoms with Gasteiger partial charge in [0, 0.05) is 23.5 Å². The largest absolute Gasteiger partial charge is 0.452 e. The number of hydrogen-bond acceptors (Lipinski definition) is 6. The Kier molecular flexibility index (Phi) is 8.21. The zero-order valence-corrected chi connectivity index (χ0v) is 22.4. The third kappa shape index (κ3) is 6.46. The molecule has 1 amide bonds. The van der Waals surface area contributed by atoms with Crippen molar-refractivity contribution in [1.82, 2.24) is 14.9 Å². The van der Waals surface area contributed by atoms with E-state index in [0.717, 1.165) is 22.5 Å². The van der Waals surface area contributed by atoms with Crippen molar-refractivity contribution in [3.8, 4) is 23.3 Å². The van der Waals surface area contributed by atoms with Gasteiger partial charge in [0.25, 0.3) is 11.5 Å². The molecule has 8 nitrogen and oxygen atoms in total. The summed E-state index contributed by atoms with van der Waals surface area (Å²) < 4.78 is 53.6. The van der Waals surface area contributed by atoms with Gasteiger partial charge in [-0.05, 0) is 56.2 Å². The van der Waals surface area contributed by atoms with E-state index in [1.54, 1.807) is 25.1 Å². The second kappa shape index (κ2) is 11.4. The fourth-order valence-electron chi connectivity index (χ4n) is 4.16. The Morgan fingerprint density at radius 1 is 1.10 bits per heavy atom. The maximum absolute atomic E-state index is 13.8. The van der Waals surface area contributed by atoms with Gasteiger partial charge in [0.15, 0.2) is 11.5 Å². The number of nitrogens with zero attached hydrogens (tertiary/aromatic N) is 3. The number of halogens is 4. The van der Waals surface area contributed by atoms with E-state index in [1.165, 1.54) is 12.1 Å². The van der Waals surface area contributed by atoms with Crippen molar-refractivity contribution in [2.75, 3.05) is 0 Å². The highest BCUT2D eigenvalue weighted by atomic mass is 35.5. The lowest BCUT2D eigenvalue weighted by molar-refractivity contribution is -0.142. The third-order valence-electron chi connectivity index (χ3n) is 6.55. The number of ether oxygens (including phenoxy) is 2. The van der Waals surface area contributed by atoms with Gasteiger partial charge in [-0.2, -0.15) is 18.4 Å². The summed E-state index contributed by atoms with van der Waals surface area (Å²) in [5.41, 5.74) is -1.59. The smallest absolute Gasteiger partial charge is 0.437 e. The van der Waals surface area contributed by atoms with E-state index in [0.29, 0.717) is 5.75 Å². The summed E-state index contributed by atoms with van der Waals surface area (Å²) in [6.07, 6.45) is -2.65. The Labute approximate surface area is 232 Å². The molecule has 0 bridgehead atoms. The van der Waals surface area contributed by atoms with Crippen molar-refractivity contribution in [3.63, 3.8) is 0 Å². The van der Waals surface area contributed by atoms with Gasteiger partial charge in [0.1, 0.15) is 11.5 Å². The maximum Gasteiger partial charge on any atom is 0.437 e. The third-order valence-corrected chi connectivity index (χ3v) is 6.77. The zero-order valence-electron chi connectivity index (χ0n) is 21.6. The molecule has 2 heterocycles. The van der Waals surface area contributed by atoms with Gasteiger partial charge in [-0.3, -0.25) is 14.2 Å². The molecular formula is C28H24ClF3N4O4. The number of nitriles is 1. The molecule has 0 fully saturated rings. The quantitative estimate of drug-likeness (QED) is 0.411. The molecule has 3 atom stereocenters. The summed E-state index contributed by atoms with van der Waals surface area (Å²) in [7, 11) is 0. The first kappa shape index (κ1) is 28.7. The number of nitrogens with one attached hydrogen (secondary N) is 1. The lowest BCUT2D eigenvalue weighted by Crippen LogP contribution is -2.39. The molecule has 40 heavy (non-hydrogen) atoms. The Hall–Kier alpha value is -4.30. The molecule has 3 aromatic rings. The van der Waals surface area contributed by atoms with Crippen LogP contribution in [0.5, 0.6) is 17.2 Å². The van der Waals surface area contributed by atoms with Crippen molar-refractivity contribution < 1.29 is 27.4 Å². The van der Waals surface area contributed by atoms with Gasteiger partial charge in [-0.25, -0.2) is 4.98 Å². The van der Waals surface area contributed by atoms with Gasteiger partial charge in [-0.15, -0.1) is 0 Å². The second-order valence-corrected chi connectivity index (χ2v) is 9.93. The maximum atomic E-state index is 13.8. The topological polar surface area (TPSA) is 106 Å². The molecule has 2 aromatic carbocycles. The van der Waals surface area contributed by atoms with E-state index in [9.17, 15) is 22.8 Å². The van der Waals surface area contributed by atoms with Crippen LogP contribution in [-0.4, -0.2) is 21.5 Å². The molecule has 12 heteroatoms. The number of amides is 1. The molecule has 0 saturated heterocycles. The monoisotopic (exact) mass is 572 g/mol. The molecule has 4 rings (SSSR count). The molecule has 0 aliphatic carbocycles. The fraction of sp³-hybridized carbons (Fsp3) is 0.286. The van der Waals surface area contributed by atoms with Crippen molar-refractivity contribution in [2.24, 2.45) is 11.8 Å². The number of alkyl halides is 3. The number of aryl methyl sites for hydroxylation is 1. The molecule has 1 aliphatic rings. The number of hydrogen-bond donors (Lipinski definition) is 1.